The molecule has 0 radical (unpaired) electrons. The quantitative estimate of drug-likeness (QED) is 0.724. The molecule has 2 N–H and O–H groups in total. The van der Waals surface area contributed by atoms with Crippen molar-refractivity contribution in [2.75, 3.05) is 20.3 Å². The molecule has 0 spiro atoms. The van der Waals surface area contributed by atoms with E-state index in [-0.39, 0.29) is 24.9 Å². The Balaban J connectivity index is 2.31. The number of methoxy groups -OCH3 is 1. The molecule has 21 heavy (non-hydrogen) atoms. The molecule has 6 nitrogen and oxygen atoms in total. The SMILES string of the molecule is CCC(CNC(=O)COc1ccc(OC)cc1)CC(=O)O. The third-order valence-corrected chi connectivity index (χ3v) is 3.06. The van der Waals surface area contributed by atoms with E-state index in [1.165, 1.54) is 0 Å². The second-order valence-electron chi connectivity index (χ2n) is 4.64. The molecule has 1 rings (SSSR count). The zero-order chi connectivity index (χ0) is 15.7. The van der Waals surface area contributed by atoms with E-state index in [1.54, 1.807) is 31.4 Å². The maximum Gasteiger partial charge on any atom is 0.303 e. The molecule has 6 heteroatoms. The molecule has 116 valence electrons. The molecule has 0 aromatic heterocycles. The van der Waals surface area contributed by atoms with Crippen LogP contribution in [0.5, 0.6) is 11.5 Å². The molecule has 0 saturated carbocycles. The van der Waals surface area contributed by atoms with Gasteiger partial charge in [-0.3, -0.25) is 9.59 Å². The molecular weight excluding hydrogens is 274 g/mol. The largest absolute Gasteiger partial charge is 0.497 e. The van der Waals surface area contributed by atoms with Crippen molar-refractivity contribution in [3.05, 3.63) is 24.3 Å². The van der Waals surface area contributed by atoms with Gasteiger partial charge in [0.15, 0.2) is 6.61 Å². The van der Waals surface area contributed by atoms with Crippen molar-refractivity contribution in [3.63, 3.8) is 0 Å². The van der Waals surface area contributed by atoms with E-state index >= 15 is 0 Å². The number of hydrogen-bond donors (Lipinski definition) is 2. The lowest BCUT2D eigenvalue weighted by atomic mass is 10.0. The van der Waals surface area contributed by atoms with Gasteiger partial charge in [0.05, 0.1) is 7.11 Å². The predicted molar refractivity (Wildman–Crippen MR) is 77.5 cm³/mol. The third kappa shape index (κ3) is 6.65. The summed E-state index contributed by atoms with van der Waals surface area (Å²) in [5.41, 5.74) is 0. The molecule has 0 aliphatic rings. The Labute approximate surface area is 124 Å². The van der Waals surface area contributed by atoms with Gasteiger partial charge in [0.2, 0.25) is 0 Å². The lowest BCUT2D eigenvalue weighted by Crippen LogP contribution is -2.33. The van der Waals surface area contributed by atoms with Crippen molar-refractivity contribution < 1.29 is 24.2 Å². The first-order chi connectivity index (χ1) is 10.0. The Morgan fingerprint density at radius 2 is 1.86 bits per heavy atom. The second-order valence-corrected chi connectivity index (χ2v) is 4.64. The Morgan fingerprint density at radius 3 is 2.38 bits per heavy atom. The summed E-state index contributed by atoms with van der Waals surface area (Å²) in [5, 5.41) is 11.4. The van der Waals surface area contributed by atoms with Gasteiger partial charge in [-0.1, -0.05) is 13.3 Å². The van der Waals surface area contributed by atoms with E-state index in [1.807, 2.05) is 6.92 Å². The number of ether oxygens (including phenoxy) is 2. The van der Waals surface area contributed by atoms with E-state index in [4.69, 9.17) is 14.6 Å². The summed E-state index contributed by atoms with van der Waals surface area (Å²) < 4.78 is 10.4. The van der Waals surface area contributed by atoms with Gasteiger partial charge < -0.3 is 19.9 Å². The number of carboxylic acids is 1. The molecule has 1 aromatic carbocycles. The van der Waals surface area contributed by atoms with E-state index in [9.17, 15) is 9.59 Å². The summed E-state index contributed by atoms with van der Waals surface area (Å²) in [6, 6.07) is 6.91. The van der Waals surface area contributed by atoms with Crippen LogP contribution in [0, 0.1) is 5.92 Å². The van der Waals surface area contributed by atoms with Gasteiger partial charge in [0.25, 0.3) is 5.91 Å². The van der Waals surface area contributed by atoms with Crippen molar-refractivity contribution in [1.29, 1.82) is 0 Å². The van der Waals surface area contributed by atoms with Crippen molar-refractivity contribution in [2.45, 2.75) is 19.8 Å². The number of carboxylic acid groups (broad SMARTS) is 1. The molecule has 0 saturated heterocycles. The van der Waals surface area contributed by atoms with Gasteiger partial charge in [-0.25, -0.2) is 0 Å². The number of amides is 1. The smallest absolute Gasteiger partial charge is 0.303 e. The summed E-state index contributed by atoms with van der Waals surface area (Å²) in [7, 11) is 1.57. The number of hydrogen-bond acceptors (Lipinski definition) is 4. The highest BCUT2D eigenvalue weighted by molar-refractivity contribution is 5.77. The lowest BCUT2D eigenvalue weighted by Gasteiger charge is -2.13. The van der Waals surface area contributed by atoms with Crippen molar-refractivity contribution in [2.24, 2.45) is 5.92 Å². The Bertz CT molecular complexity index is 458. The maximum atomic E-state index is 11.6. The molecule has 1 amide bonds. The fraction of sp³-hybridized carbons (Fsp3) is 0.467. The van der Waals surface area contributed by atoms with Gasteiger partial charge in [-0.15, -0.1) is 0 Å². The molecule has 0 fully saturated rings. The Kier molecular flexibility index (Phi) is 7.08. The van der Waals surface area contributed by atoms with Gasteiger partial charge in [0.1, 0.15) is 11.5 Å². The number of benzene rings is 1. The van der Waals surface area contributed by atoms with Gasteiger partial charge in [-0.2, -0.15) is 0 Å². The summed E-state index contributed by atoms with van der Waals surface area (Å²) in [6.45, 7) is 2.14. The predicted octanol–water partition coefficient (Wildman–Crippen LogP) is 1.69. The number of nitrogens with one attached hydrogen (secondary N) is 1. The van der Waals surface area contributed by atoms with Crippen LogP contribution in [0.25, 0.3) is 0 Å². The van der Waals surface area contributed by atoms with Crippen LogP contribution < -0.4 is 14.8 Å². The second kappa shape index (κ2) is 8.84. The maximum absolute atomic E-state index is 11.6. The normalized spacial score (nSPS) is 11.5. The van der Waals surface area contributed by atoms with E-state index in [2.05, 4.69) is 5.32 Å². The van der Waals surface area contributed by atoms with Crippen LogP contribution in [0.1, 0.15) is 19.8 Å². The zero-order valence-corrected chi connectivity index (χ0v) is 12.3. The van der Waals surface area contributed by atoms with Crippen LogP contribution in [-0.4, -0.2) is 37.2 Å². The number of carbonyl (C=O) groups is 2. The lowest BCUT2D eigenvalue weighted by molar-refractivity contribution is -0.138. The monoisotopic (exact) mass is 295 g/mol. The molecule has 0 heterocycles. The zero-order valence-electron chi connectivity index (χ0n) is 12.3. The number of carbonyl (C=O) groups excluding carboxylic acids is 1. The minimum absolute atomic E-state index is 0.0517. The van der Waals surface area contributed by atoms with E-state index in [0.29, 0.717) is 24.5 Å². The molecule has 1 unspecified atom stereocenters. The minimum atomic E-state index is -0.856. The summed E-state index contributed by atoms with van der Waals surface area (Å²) in [5.74, 6) is 0.0995. The average Bonchev–Trinajstić information content (AvgIpc) is 2.49. The standard InChI is InChI=1S/C15H21NO5/c1-3-11(8-15(18)19)9-16-14(17)10-21-13-6-4-12(20-2)5-7-13/h4-7,11H,3,8-10H2,1-2H3,(H,16,17)(H,18,19). The Morgan fingerprint density at radius 1 is 1.24 bits per heavy atom. The summed E-state index contributed by atoms with van der Waals surface area (Å²) >= 11 is 0. The van der Waals surface area contributed by atoms with Crippen LogP contribution in [0.2, 0.25) is 0 Å². The van der Waals surface area contributed by atoms with E-state index in [0.717, 1.165) is 0 Å². The molecule has 1 aromatic rings. The fourth-order valence-electron chi connectivity index (χ4n) is 1.74. The fourth-order valence-corrected chi connectivity index (χ4v) is 1.74. The topological polar surface area (TPSA) is 84.9 Å². The number of rotatable bonds is 9. The van der Waals surface area contributed by atoms with Gasteiger partial charge >= 0.3 is 5.97 Å². The highest BCUT2D eigenvalue weighted by atomic mass is 16.5. The minimum Gasteiger partial charge on any atom is -0.497 e. The van der Waals surface area contributed by atoms with Crippen LogP contribution in [-0.2, 0) is 9.59 Å². The summed E-state index contributed by atoms with van der Waals surface area (Å²) in [4.78, 5) is 22.3. The highest BCUT2D eigenvalue weighted by Crippen LogP contribution is 2.16. The number of aliphatic carboxylic acids is 1. The highest BCUT2D eigenvalue weighted by Gasteiger charge is 2.12. The van der Waals surface area contributed by atoms with Gasteiger partial charge in [0, 0.05) is 13.0 Å². The average molecular weight is 295 g/mol. The van der Waals surface area contributed by atoms with Crippen molar-refractivity contribution in [3.8, 4) is 11.5 Å². The van der Waals surface area contributed by atoms with Crippen molar-refractivity contribution >= 4 is 11.9 Å². The molecule has 0 bridgehead atoms. The first kappa shape index (κ1) is 16.8. The van der Waals surface area contributed by atoms with Gasteiger partial charge in [-0.05, 0) is 30.2 Å². The van der Waals surface area contributed by atoms with Crippen LogP contribution >= 0.6 is 0 Å². The van der Waals surface area contributed by atoms with Crippen LogP contribution in [0.15, 0.2) is 24.3 Å². The first-order valence-electron chi connectivity index (χ1n) is 6.80. The summed E-state index contributed by atoms with van der Waals surface area (Å²) in [6.07, 6.45) is 0.752. The molecule has 0 aliphatic carbocycles. The molecular formula is C15H21NO5. The van der Waals surface area contributed by atoms with Crippen molar-refractivity contribution in [1.82, 2.24) is 5.32 Å². The third-order valence-electron chi connectivity index (χ3n) is 3.06. The van der Waals surface area contributed by atoms with Crippen LogP contribution in [0.3, 0.4) is 0 Å². The van der Waals surface area contributed by atoms with E-state index < -0.39 is 5.97 Å². The molecule has 1 atom stereocenters. The molecule has 0 aliphatic heterocycles. The first-order valence-corrected chi connectivity index (χ1v) is 6.80. The van der Waals surface area contributed by atoms with Crippen LogP contribution in [0.4, 0.5) is 0 Å². The Hall–Kier alpha value is -2.24.